The van der Waals surface area contributed by atoms with Gasteiger partial charge in [0.15, 0.2) is 0 Å². The van der Waals surface area contributed by atoms with Gasteiger partial charge in [-0.2, -0.15) is 0 Å². The van der Waals surface area contributed by atoms with Crippen molar-refractivity contribution in [3.05, 3.63) is 33.6 Å². The maximum absolute atomic E-state index is 13.4. The molecule has 0 saturated carbocycles. The van der Waals surface area contributed by atoms with Crippen LogP contribution in [-0.4, -0.2) is 35.0 Å². The summed E-state index contributed by atoms with van der Waals surface area (Å²) in [6.07, 6.45) is 0. The summed E-state index contributed by atoms with van der Waals surface area (Å²) in [5.74, 6) is -0.557. The number of nitrogens with one attached hydrogen (secondary N) is 1. The molecule has 0 aliphatic rings. The number of aryl methyl sites for hydroxylation is 1. The summed E-state index contributed by atoms with van der Waals surface area (Å²) >= 11 is 0. The van der Waals surface area contributed by atoms with Gasteiger partial charge in [0.25, 0.3) is 5.69 Å². The highest BCUT2D eigenvalue weighted by Crippen LogP contribution is 2.27. The van der Waals surface area contributed by atoms with Crippen LogP contribution in [0.25, 0.3) is 0 Å². The lowest BCUT2D eigenvalue weighted by atomic mass is 10.1. The van der Waals surface area contributed by atoms with Crippen molar-refractivity contribution in [1.29, 1.82) is 0 Å². The minimum atomic E-state index is -0.562. The highest BCUT2D eigenvalue weighted by molar-refractivity contribution is 5.63. The molecule has 118 valence electrons. The van der Waals surface area contributed by atoms with E-state index in [1.165, 1.54) is 6.07 Å². The first-order valence-corrected chi connectivity index (χ1v) is 7.18. The molecule has 0 unspecified atom stereocenters. The third-order valence-corrected chi connectivity index (χ3v) is 3.49. The third-order valence-electron chi connectivity index (χ3n) is 3.49. The molecule has 0 saturated heterocycles. The van der Waals surface area contributed by atoms with Crippen LogP contribution >= 0.6 is 0 Å². The molecule has 0 spiro atoms. The zero-order chi connectivity index (χ0) is 16.2. The van der Waals surface area contributed by atoms with Crippen molar-refractivity contribution in [3.63, 3.8) is 0 Å². The number of rotatable bonds is 7. The van der Waals surface area contributed by atoms with Crippen LogP contribution in [0.5, 0.6) is 0 Å². The molecule has 0 fully saturated rings. The first kappa shape index (κ1) is 17.4. The van der Waals surface area contributed by atoms with Gasteiger partial charge in [0, 0.05) is 25.2 Å². The van der Waals surface area contributed by atoms with Crippen LogP contribution in [0, 0.1) is 22.9 Å². The van der Waals surface area contributed by atoms with Crippen LogP contribution in [0.3, 0.4) is 0 Å². The molecule has 0 aromatic heterocycles. The molecule has 0 radical (unpaired) electrons. The molecule has 6 heteroatoms. The summed E-state index contributed by atoms with van der Waals surface area (Å²) in [5.41, 5.74) is 0.540. The van der Waals surface area contributed by atoms with Crippen LogP contribution in [0.1, 0.15) is 33.3 Å². The zero-order valence-corrected chi connectivity index (χ0v) is 13.3. The highest BCUT2D eigenvalue weighted by atomic mass is 19.1. The van der Waals surface area contributed by atoms with Crippen molar-refractivity contribution >= 4 is 11.4 Å². The molecule has 0 amide bonds. The predicted octanol–water partition coefficient (Wildman–Crippen LogP) is 3.57. The highest BCUT2D eigenvalue weighted by Gasteiger charge is 2.18. The number of nitro benzene ring substituents is 1. The first-order valence-electron chi connectivity index (χ1n) is 7.18. The van der Waals surface area contributed by atoms with Gasteiger partial charge in [0.2, 0.25) is 0 Å². The van der Waals surface area contributed by atoms with Crippen LogP contribution in [0.2, 0.25) is 0 Å². The number of halogens is 1. The topological polar surface area (TPSA) is 58.4 Å². The standard InChI is InChI=1S/C15H24FN3O2/c1-10(2)18(11(3)4)7-6-17-14-8-12(5)13(16)9-15(14)19(20)21/h8-11,17H,6-7H2,1-5H3. The fourth-order valence-electron chi connectivity index (χ4n) is 2.40. The molecule has 0 atom stereocenters. The summed E-state index contributed by atoms with van der Waals surface area (Å²) in [5, 5.41) is 14.0. The second-order valence-corrected chi connectivity index (χ2v) is 5.73. The largest absolute Gasteiger partial charge is 0.378 e. The van der Waals surface area contributed by atoms with Crippen molar-refractivity contribution in [3.8, 4) is 0 Å². The quantitative estimate of drug-likeness (QED) is 0.617. The molecule has 0 aliphatic carbocycles. The number of hydrogen-bond acceptors (Lipinski definition) is 4. The van der Waals surface area contributed by atoms with Gasteiger partial charge in [0.05, 0.1) is 11.0 Å². The molecule has 1 N–H and O–H groups in total. The lowest BCUT2D eigenvalue weighted by Gasteiger charge is -2.30. The molecule has 1 aromatic carbocycles. The van der Waals surface area contributed by atoms with E-state index in [4.69, 9.17) is 0 Å². The van der Waals surface area contributed by atoms with Gasteiger partial charge in [-0.05, 0) is 46.2 Å². The molecule has 0 bridgehead atoms. The Morgan fingerprint density at radius 1 is 1.29 bits per heavy atom. The second-order valence-electron chi connectivity index (χ2n) is 5.73. The lowest BCUT2D eigenvalue weighted by Crippen LogP contribution is -2.40. The number of nitro groups is 1. The Balaban J connectivity index is 2.79. The zero-order valence-electron chi connectivity index (χ0n) is 13.3. The van der Waals surface area contributed by atoms with E-state index in [2.05, 4.69) is 37.9 Å². The van der Waals surface area contributed by atoms with E-state index in [9.17, 15) is 14.5 Å². The number of hydrogen-bond donors (Lipinski definition) is 1. The number of anilines is 1. The predicted molar refractivity (Wildman–Crippen MR) is 83.3 cm³/mol. The number of benzene rings is 1. The Morgan fingerprint density at radius 2 is 1.86 bits per heavy atom. The molecule has 21 heavy (non-hydrogen) atoms. The summed E-state index contributed by atoms with van der Waals surface area (Å²) < 4.78 is 13.4. The van der Waals surface area contributed by atoms with E-state index in [1.807, 2.05) is 0 Å². The van der Waals surface area contributed by atoms with Crippen molar-refractivity contribution in [2.24, 2.45) is 0 Å². The third kappa shape index (κ3) is 4.67. The van der Waals surface area contributed by atoms with Gasteiger partial charge in [-0.1, -0.05) is 0 Å². The van der Waals surface area contributed by atoms with E-state index in [0.29, 0.717) is 29.9 Å². The van der Waals surface area contributed by atoms with Crippen LogP contribution in [0.4, 0.5) is 15.8 Å². The van der Waals surface area contributed by atoms with Gasteiger partial charge in [0.1, 0.15) is 11.5 Å². The van der Waals surface area contributed by atoms with Gasteiger partial charge >= 0.3 is 0 Å². The normalized spacial score (nSPS) is 11.5. The van der Waals surface area contributed by atoms with Gasteiger partial charge in [-0.3, -0.25) is 15.0 Å². The molecular formula is C15H24FN3O2. The van der Waals surface area contributed by atoms with E-state index < -0.39 is 10.7 Å². The number of nitrogens with zero attached hydrogens (tertiary/aromatic N) is 2. The minimum absolute atomic E-state index is 0.223. The van der Waals surface area contributed by atoms with Gasteiger partial charge < -0.3 is 5.32 Å². The maximum atomic E-state index is 13.4. The van der Waals surface area contributed by atoms with Crippen LogP contribution < -0.4 is 5.32 Å². The van der Waals surface area contributed by atoms with Crippen LogP contribution in [0.15, 0.2) is 12.1 Å². The van der Waals surface area contributed by atoms with E-state index >= 15 is 0 Å². The lowest BCUT2D eigenvalue weighted by molar-refractivity contribution is -0.384. The Bertz CT molecular complexity index is 496. The van der Waals surface area contributed by atoms with E-state index in [-0.39, 0.29) is 5.69 Å². The second kappa shape index (κ2) is 7.36. The molecular weight excluding hydrogens is 273 g/mol. The molecule has 0 aliphatic heterocycles. The van der Waals surface area contributed by atoms with Crippen molar-refractivity contribution in [2.75, 3.05) is 18.4 Å². The molecule has 0 heterocycles. The van der Waals surface area contributed by atoms with Crippen LogP contribution in [-0.2, 0) is 0 Å². The summed E-state index contributed by atoms with van der Waals surface area (Å²) in [6, 6.07) is 3.26. The average molecular weight is 297 g/mol. The monoisotopic (exact) mass is 297 g/mol. The summed E-state index contributed by atoms with van der Waals surface area (Å²) in [6.45, 7) is 11.4. The van der Waals surface area contributed by atoms with E-state index in [1.54, 1.807) is 6.92 Å². The molecule has 5 nitrogen and oxygen atoms in total. The molecule has 1 aromatic rings. The summed E-state index contributed by atoms with van der Waals surface area (Å²) in [4.78, 5) is 12.7. The fourth-order valence-corrected chi connectivity index (χ4v) is 2.40. The Hall–Kier alpha value is -1.69. The minimum Gasteiger partial charge on any atom is -0.378 e. The van der Waals surface area contributed by atoms with Crippen molar-refractivity contribution < 1.29 is 9.31 Å². The van der Waals surface area contributed by atoms with Crippen molar-refractivity contribution in [1.82, 2.24) is 4.90 Å². The smallest absolute Gasteiger partial charge is 0.295 e. The summed E-state index contributed by atoms with van der Waals surface area (Å²) in [7, 11) is 0. The Labute approximate surface area is 125 Å². The van der Waals surface area contributed by atoms with E-state index in [0.717, 1.165) is 12.6 Å². The van der Waals surface area contributed by atoms with Gasteiger partial charge in [-0.15, -0.1) is 0 Å². The Morgan fingerprint density at radius 3 is 2.33 bits per heavy atom. The molecule has 1 rings (SSSR count). The fraction of sp³-hybridized carbons (Fsp3) is 0.600. The average Bonchev–Trinajstić information content (AvgIpc) is 2.36. The van der Waals surface area contributed by atoms with Crippen molar-refractivity contribution in [2.45, 2.75) is 46.7 Å². The van der Waals surface area contributed by atoms with Gasteiger partial charge in [-0.25, -0.2) is 4.39 Å². The SMILES string of the molecule is Cc1cc(NCCN(C(C)C)C(C)C)c([N+](=O)[O-])cc1F. The Kier molecular flexibility index (Phi) is 6.08. The maximum Gasteiger partial charge on any atom is 0.295 e. The first-order chi connectivity index (χ1) is 9.73.